The van der Waals surface area contributed by atoms with Gasteiger partial charge in [0.1, 0.15) is 23.4 Å². The molecule has 1 saturated heterocycles. The average molecular weight is 504 g/mol. The van der Waals surface area contributed by atoms with Crippen LogP contribution in [0.15, 0.2) is 63.6 Å². The van der Waals surface area contributed by atoms with Crippen molar-refractivity contribution in [3.8, 4) is 11.3 Å². The molecule has 3 aromatic rings. The molecule has 9 heteroatoms. The number of esters is 1. The first kappa shape index (κ1) is 21.5. The van der Waals surface area contributed by atoms with Gasteiger partial charge < -0.3 is 19.4 Å². The predicted octanol–water partition coefficient (Wildman–Crippen LogP) is 4.78. The summed E-state index contributed by atoms with van der Waals surface area (Å²) in [5, 5.41) is 3.76. The van der Waals surface area contributed by atoms with Gasteiger partial charge in [0.15, 0.2) is 5.11 Å². The van der Waals surface area contributed by atoms with Crippen LogP contribution in [0.3, 0.4) is 0 Å². The molecule has 0 amide bonds. The number of aromatic nitrogens is 1. The molecular formula is C22H19BrFN3O3S. The van der Waals surface area contributed by atoms with Crippen LogP contribution in [0.25, 0.3) is 11.3 Å². The third kappa shape index (κ3) is 4.47. The summed E-state index contributed by atoms with van der Waals surface area (Å²) < 4.78 is 26.0. The number of rotatable bonds is 6. The van der Waals surface area contributed by atoms with E-state index in [2.05, 4.69) is 26.2 Å². The van der Waals surface area contributed by atoms with E-state index in [0.717, 1.165) is 5.69 Å². The Morgan fingerprint density at radius 3 is 2.87 bits per heavy atom. The van der Waals surface area contributed by atoms with Gasteiger partial charge in [-0.2, -0.15) is 0 Å². The van der Waals surface area contributed by atoms with E-state index in [9.17, 15) is 9.18 Å². The lowest BCUT2D eigenvalue weighted by Gasteiger charge is -2.25. The summed E-state index contributed by atoms with van der Waals surface area (Å²) in [6, 6.07) is 13.3. The number of nitrogens with one attached hydrogen (secondary N) is 1. The maximum Gasteiger partial charge on any atom is 0.307 e. The summed E-state index contributed by atoms with van der Waals surface area (Å²) in [7, 11) is 1.35. The van der Waals surface area contributed by atoms with E-state index in [1.807, 2.05) is 23.1 Å². The Morgan fingerprint density at radius 1 is 1.32 bits per heavy atom. The normalized spacial score (nSPS) is 18.2. The smallest absolute Gasteiger partial charge is 0.307 e. The Morgan fingerprint density at radius 2 is 2.16 bits per heavy atom. The third-order valence-corrected chi connectivity index (χ3v) is 5.94. The monoisotopic (exact) mass is 503 g/mol. The van der Waals surface area contributed by atoms with Gasteiger partial charge in [0.25, 0.3) is 0 Å². The highest BCUT2D eigenvalue weighted by Crippen LogP contribution is 2.40. The number of methoxy groups -OCH3 is 1. The molecule has 160 valence electrons. The molecule has 1 N–H and O–H groups in total. The minimum Gasteiger partial charge on any atom is -0.469 e. The molecule has 2 unspecified atom stereocenters. The first-order valence-corrected chi connectivity index (χ1v) is 10.8. The number of furan rings is 1. The van der Waals surface area contributed by atoms with Gasteiger partial charge in [-0.05, 0) is 54.7 Å². The number of carbonyl (C=O) groups excluding carboxylic acids is 1. The van der Waals surface area contributed by atoms with Crippen molar-refractivity contribution in [2.75, 3.05) is 13.7 Å². The van der Waals surface area contributed by atoms with Gasteiger partial charge in [0.2, 0.25) is 0 Å². The standard InChI is InChI=1S/C22H19BrFN3O3S/c1-29-19(28)9-11-27-21(20(26-22(27)31)16-4-2-3-10-25-16)18-8-7-17(30-18)14-6-5-13(23)12-15(14)24/h2-8,10,12,20-21H,9,11H2,1H3,(H,26,31). The molecule has 4 rings (SSSR count). The molecule has 1 aromatic carbocycles. The van der Waals surface area contributed by atoms with Crippen LogP contribution in [0.5, 0.6) is 0 Å². The summed E-state index contributed by atoms with van der Waals surface area (Å²) in [6.45, 7) is 0.342. The first-order chi connectivity index (χ1) is 15.0. The number of hydrogen-bond donors (Lipinski definition) is 1. The van der Waals surface area contributed by atoms with Crippen molar-refractivity contribution >= 4 is 39.2 Å². The summed E-state index contributed by atoms with van der Waals surface area (Å²) in [5.41, 5.74) is 1.14. The molecule has 1 aliphatic heterocycles. The summed E-state index contributed by atoms with van der Waals surface area (Å²) in [5.74, 6) is 0.273. The quantitative estimate of drug-likeness (QED) is 0.383. The lowest BCUT2D eigenvalue weighted by atomic mass is 10.0. The zero-order valence-electron chi connectivity index (χ0n) is 16.5. The van der Waals surface area contributed by atoms with Crippen LogP contribution in [0.1, 0.15) is 30.0 Å². The molecule has 2 aromatic heterocycles. The maximum atomic E-state index is 14.5. The zero-order chi connectivity index (χ0) is 22.0. The van der Waals surface area contributed by atoms with E-state index < -0.39 is 0 Å². The fourth-order valence-electron chi connectivity index (χ4n) is 3.61. The maximum absolute atomic E-state index is 14.5. The number of benzene rings is 1. The van der Waals surface area contributed by atoms with Crippen LogP contribution in [-0.4, -0.2) is 34.6 Å². The first-order valence-electron chi connectivity index (χ1n) is 9.58. The van der Waals surface area contributed by atoms with Crippen molar-refractivity contribution in [1.82, 2.24) is 15.2 Å². The SMILES string of the molecule is COC(=O)CCN1C(=S)NC(c2ccccn2)C1c1ccc(-c2ccc(Br)cc2F)o1. The van der Waals surface area contributed by atoms with E-state index >= 15 is 0 Å². The number of ether oxygens (including phenoxy) is 1. The van der Waals surface area contributed by atoms with Gasteiger partial charge in [-0.25, -0.2) is 4.39 Å². The molecular weight excluding hydrogens is 485 g/mol. The van der Waals surface area contributed by atoms with Crippen molar-refractivity contribution in [1.29, 1.82) is 0 Å². The Labute approximate surface area is 192 Å². The lowest BCUT2D eigenvalue weighted by molar-refractivity contribution is -0.140. The second kappa shape index (κ2) is 9.15. The van der Waals surface area contributed by atoms with Crippen LogP contribution in [0, 0.1) is 5.82 Å². The number of carbonyl (C=O) groups is 1. The van der Waals surface area contributed by atoms with Crippen LogP contribution in [-0.2, 0) is 9.53 Å². The molecule has 0 saturated carbocycles. The van der Waals surface area contributed by atoms with Crippen molar-refractivity contribution in [2.24, 2.45) is 0 Å². The number of thiocarbonyl (C=S) groups is 1. The van der Waals surface area contributed by atoms with Crippen molar-refractivity contribution in [3.05, 3.63) is 76.5 Å². The number of nitrogens with zero attached hydrogens (tertiary/aromatic N) is 2. The summed E-state index contributed by atoms with van der Waals surface area (Å²) >= 11 is 8.81. The van der Waals surface area contributed by atoms with Gasteiger partial charge in [-0.1, -0.05) is 22.0 Å². The minimum atomic E-state index is -0.390. The number of pyridine rings is 1. The molecule has 1 aliphatic rings. The van der Waals surface area contributed by atoms with Crippen LogP contribution < -0.4 is 5.32 Å². The Hall–Kier alpha value is -2.78. The molecule has 0 spiro atoms. The molecule has 3 heterocycles. The van der Waals surface area contributed by atoms with E-state index in [0.29, 0.717) is 33.2 Å². The zero-order valence-corrected chi connectivity index (χ0v) is 19.0. The summed E-state index contributed by atoms with van der Waals surface area (Å²) in [4.78, 5) is 18.1. The Bertz CT molecular complexity index is 1110. The molecule has 6 nitrogen and oxygen atoms in total. The van der Waals surface area contributed by atoms with Gasteiger partial charge in [0, 0.05) is 17.2 Å². The van der Waals surface area contributed by atoms with Crippen molar-refractivity contribution in [3.63, 3.8) is 0 Å². The van der Waals surface area contributed by atoms with Gasteiger partial charge in [-0.15, -0.1) is 0 Å². The molecule has 0 bridgehead atoms. The van der Waals surface area contributed by atoms with Crippen LogP contribution in [0.4, 0.5) is 4.39 Å². The fraction of sp³-hybridized carbons (Fsp3) is 0.227. The highest BCUT2D eigenvalue weighted by molar-refractivity contribution is 9.10. The second-order valence-corrected chi connectivity index (χ2v) is 8.27. The van der Waals surface area contributed by atoms with Gasteiger partial charge in [-0.3, -0.25) is 9.78 Å². The van der Waals surface area contributed by atoms with Gasteiger partial charge >= 0.3 is 5.97 Å². The third-order valence-electron chi connectivity index (χ3n) is 5.10. The molecule has 31 heavy (non-hydrogen) atoms. The fourth-order valence-corrected chi connectivity index (χ4v) is 4.28. The second-order valence-electron chi connectivity index (χ2n) is 6.97. The van der Waals surface area contributed by atoms with E-state index in [4.69, 9.17) is 21.4 Å². The molecule has 2 atom stereocenters. The van der Waals surface area contributed by atoms with E-state index in [1.54, 1.807) is 30.5 Å². The van der Waals surface area contributed by atoms with Crippen molar-refractivity contribution in [2.45, 2.75) is 18.5 Å². The van der Waals surface area contributed by atoms with Gasteiger partial charge in [0.05, 0.1) is 30.8 Å². The van der Waals surface area contributed by atoms with Crippen LogP contribution >= 0.6 is 28.1 Å². The topological polar surface area (TPSA) is 67.6 Å². The largest absolute Gasteiger partial charge is 0.469 e. The Kier molecular flexibility index (Phi) is 6.33. The Balaban J connectivity index is 1.70. The van der Waals surface area contributed by atoms with E-state index in [-0.39, 0.29) is 30.3 Å². The summed E-state index contributed by atoms with van der Waals surface area (Å²) in [6.07, 6.45) is 1.87. The highest BCUT2D eigenvalue weighted by atomic mass is 79.9. The number of hydrogen-bond acceptors (Lipinski definition) is 5. The molecule has 1 fully saturated rings. The highest BCUT2D eigenvalue weighted by Gasteiger charge is 2.41. The molecule has 0 radical (unpaired) electrons. The predicted molar refractivity (Wildman–Crippen MR) is 121 cm³/mol. The lowest BCUT2D eigenvalue weighted by Crippen LogP contribution is -2.31. The molecule has 0 aliphatic carbocycles. The van der Waals surface area contributed by atoms with Crippen molar-refractivity contribution < 1.29 is 18.3 Å². The van der Waals surface area contributed by atoms with Crippen LogP contribution in [0.2, 0.25) is 0 Å². The number of halogens is 2. The van der Waals surface area contributed by atoms with E-state index in [1.165, 1.54) is 13.2 Å². The average Bonchev–Trinajstić information content (AvgIpc) is 3.37. The minimum absolute atomic E-state index is 0.165.